The molecule has 0 aliphatic rings. The maximum Gasteiger partial charge on any atom is 0.435 e. The summed E-state index contributed by atoms with van der Waals surface area (Å²) >= 11 is 0. The number of nitrogens with one attached hydrogen (secondary N) is 1. The third-order valence-corrected chi connectivity index (χ3v) is 7.47. The van der Waals surface area contributed by atoms with Crippen molar-refractivity contribution < 1.29 is 23.8 Å². The molecule has 0 unspecified atom stereocenters. The second kappa shape index (κ2) is 13.6. The third-order valence-electron chi connectivity index (χ3n) is 7.47. The number of carbonyl (C=O) groups is 2. The van der Waals surface area contributed by atoms with Crippen molar-refractivity contribution in [2.75, 3.05) is 25.6 Å². The number of ether oxygens (including phenoxy) is 3. The molecule has 3 aromatic heterocycles. The Morgan fingerprint density at radius 1 is 0.938 bits per heavy atom. The average molecular weight is 645 g/mol. The van der Waals surface area contributed by atoms with E-state index in [1.54, 1.807) is 37.8 Å². The van der Waals surface area contributed by atoms with Gasteiger partial charge in [0, 0.05) is 53.5 Å². The molecule has 3 aromatic carbocycles. The van der Waals surface area contributed by atoms with Crippen LogP contribution in [0.2, 0.25) is 0 Å². The first kappa shape index (κ1) is 32.3. The predicted octanol–water partition coefficient (Wildman–Crippen LogP) is 7.33. The number of methoxy groups -OCH3 is 1. The summed E-state index contributed by atoms with van der Waals surface area (Å²) in [6.45, 7) is 8.26. The molecule has 0 spiro atoms. The molecule has 244 valence electrons. The molecule has 6 aromatic rings. The van der Waals surface area contributed by atoms with Gasteiger partial charge in [-0.05, 0) is 87.4 Å². The van der Waals surface area contributed by atoms with Crippen molar-refractivity contribution in [1.29, 1.82) is 0 Å². The summed E-state index contributed by atoms with van der Waals surface area (Å²) in [5.74, 6) is 1.72. The lowest BCUT2D eigenvalue weighted by atomic mass is 10.0. The molecule has 0 radical (unpaired) electrons. The van der Waals surface area contributed by atoms with Gasteiger partial charge in [-0.1, -0.05) is 18.2 Å². The molecule has 1 N–H and O–H groups in total. The Balaban J connectivity index is 1.38. The minimum Gasteiger partial charge on any atom is -0.491 e. The van der Waals surface area contributed by atoms with E-state index < -0.39 is 11.7 Å². The maximum absolute atomic E-state index is 12.9. The summed E-state index contributed by atoms with van der Waals surface area (Å²) in [4.78, 5) is 39.6. The van der Waals surface area contributed by atoms with Crippen molar-refractivity contribution in [3.05, 3.63) is 102 Å². The van der Waals surface area contributed by atoms with E-state index in [9.17, 15) is 9.59 Å². The fourth-order valence-electron chi connectivity index (χ4n) is 5.21. The van der Waals surface area contributed by atoms with Gasteiger partial charge in [0.2, 0.25) is 0 Å². The van der Waals surface area contributed by atoms with Crippen LogP contribution in [0.1, 0.15) is 42.3 Å². The monoisotopic (exact) mass is 644 g/mol. The van der Waals surface area contributed by atoms with Crippen LogP contribution < -0.4 is 10.1 Å². The number of hydrogen-bond acceptors (Lipinski definition) is 10. The molecular weight excluding hydrogens is 608 g/mol. The minimum atomic E-state index is -0.651. The van der Waals surface area contributed by atoms with Gasteiger partial charge < -0.3 is 19.5 Å². The molecule has 0 saturated carbocycles. The first-order chi connectivity index (χ1) is 23.1. The van der Waals surface area contributed by atoms with Crippen molar-refractivity contribution in [3.63, 3.8) is 0 Å². The molecule has 0 fully saturated rings. The number of fused-ring (bicyclic) bond motifs is 2. The highest BCUT2D eigenvalue weighted by Crippen LogP contribution is 2.33. The van der Waals surface area contributed by atoms with E-state index >= 15 is 0 Å². The molecule has 48 heavy (non-hydrogen) atoms. The van der Waals surface area contributed by atoms with Crippen LogP contribution in [0.3, 0.4) is 0 Å². The number of hydrogen-bond donors (Lipinski definition) is 1. The number of Topliss-reactive ketones (excluding diaryl/α,β-unsaturated/α-hetero) is 1. The van der Waals surface area contributed by atoms with Gasteiger partial charge >= 0.3 is 6.09 Å². The Morgan fingerprint density at radius 3 is 2.56 bits per heavy atom. The Hall–Kier alpha value is -5.68. The van der Waals surface area contributed by atoms with E-state index in [0.717, 1.165) is 38.7 Å². The van der Waals surface area contributed by atoms with Gasteiger partial charge in [0.05, 0.1) is 23.8 Å². The highest BCUT2D eigenvalue weighted by atomic mass is 16.6. The number of rotatable bonds is 10. The lowest BCUT2D eigenvalue weighted by molar-refractivity contribution is 0.0522. The molecule has 11 heteroatoms. The molecule has 0 aliphatic carbocycles. The zero-order valence-electron chi connectivity index (χ0n) is 27.5. The molecule has 0 bridgehead atoms. The molecular formula is C37H36N6O5. The van der Waals surface area contributed by atoms with Gasteiger partial charge in [-0.2, -0.15) is 9.78 Å². The highest BCUT2D eigenvalue weighted by Gasteiger charge is 2.21. The molecule has 0 amide bonds. The van der Waals surface area contributed by atoms with Crippen molar-refractivity contribution in [2.45, 2.75) is 39.7 Å². The fourth-order valence-corrected chi connectivity index (χ4v) is 5.21. The molecule has 11 nitrogen and oxygen atoms in total. The number of nitrogens with zero attached hydrogens (tertiary/aromatic N) is 5. The van der Waals surface area contributed by atoms with Crippen molar-refractivity contribution in [1.82, 2.24) is 24.7 Å². The number of carbonyl (C=O) groups excluding carboxylic acids is 2. The standard InChI is InChI=1S/C37H36N6O5/c1-23-16-30-29(20-33(23)47-15-14-46-5)35(40-28-11-12-31-27(19-28)22-39-43(31)36(45)48-37(2,3)4)42-34(41-30)25-9-6-8-24(17-25)18-32(44)26-10-7-13-38-21-26/h6-13,16-17,19-22H,14-15,18H2,1-5H3,(H,40,41,42). The number of benzene rings is 3. The Morgan fingerprint density at radius 2 is 1.79 bits per heavy atom. The summed E-state index contributed by atoms with van der Waals surface area (Å²) in [7, 11) is 1.63. The van der Waals surface area contributed by atoms with Crippen molar-refractivity contribution >= 4 is 45.2 Å². The van der Waals surface area contributed by atoms with Gasteiger partial charge in [0.25, 0.3) is 0 Å². The van der Waals surface area contributed by atoms with Crippen LogP contribution >= 0.6 is 0 Å². The Kier molecular flexibility index (Phi) is 9.13. The largest absolute Gasteiger partial charge is 0.491 e. The normalized spacial score (nSPS) is 11.5. The number of ketones is 1. The highest BCUT2D eigenvalue weighted by molar-refractivity contribution is 5.98. The summed E-state index contributed by atoms with van der Waals surface area (Å²) in [5.41, 5.74) is 4.50. The SMILES string of the molecule is COCCOc1cc2c(Nc3ccc4c(cnn4C(=O)OC(C)(C)C)c3)nc(-c3cccc(CC(=O)c4cccnc4)c3)nc2cc1C. The number of pyridine rings is 1. The molecule has 0 saturated heterocycles. The van der Waals surface area contributed by atoms with Gasteiger partial charge in [0.1, 0.15) is 23.8 Å². The lowest BCUT2D eigenvalue weighted by Crippen LogP contribution is -2.27. The number of anilines is 2. The van der Waals surface area contributed by atoms with Crippen LogP contribution in [-0.2, 0) is 15.9 Å². The van der Waals surface area contributed by atoms with Gasteiger partial charge in [-0.3, -0.25) is 9.78 Å². The van der Waals surface area contributed by atoms with E-state index in [0.29, 0.717) is 41.7 Å². The second-order valence-electron chi connectivity index (χ2n) is 12.3. The topological polar surface area (TPSA) is 130 Å². The maximum atomic E-state index is 12.9. The summed E-state index contributed by atoms with van der Waals surface area (Å²) in [6.07, 6.45) is 4.51. The van der Waals surface area contributed by atoms with Gasteiger partial charge in [-0.25, -0.2) is 14.8 Å². The fraction of sp³-hybridized carbons (Fsp3) is 0.243. The van der Waals surface area contributed by atoms with Crippen LogP contribution in [-0.4, -0.2) is 62.5 Å². The lowest BCUT2D eigenvalue weighted by Gasteiger charge is -2.19. The molecule has 0 aliphatic heterocycles. The van der Waals surface area contributed by atoms with E-state index in [-0.39, 0.29) is 12.2 Å². The summed E-state index contributed by atoms with van der Waals surface area (Å²) < 4.78 is 17.9. The third kappa shape index (κ3) is 7.31. The second-order valence-corrected chi connectivity index (χ2v) is 12.3. The smallest absolute Gasteiger partial charge is 0.435 e. The van der Waals surface area contributed by atoms with Crippen molar-refractivity contribution in [3.8, 4) is 17.1 Å². The number of aromatic nitrogens is 5. The summed E-state index contributed by atoms with van der Waals surface area (Å²) in [6, 6.07) is 20.6. The number of aryl methyl sites for hydroxylation is 1. The van der Waals surface area contributed by atoms with Crippen LogP contribution in [0.15, 0.2) is 85.3 Å². The average Bonchev–Trinajstić information content (AvgIpc) is 3.48. The Labute approximate surface area is 277 Å². The summed E-state index contributed by atoms with van der Waals surface area (Å²) in [5, 5.41) is 9.23. The molecule has 6 rings (SSSR count). The van der Waals surface area contributed by atoms with Crippen LogP contribution in [0.4, 0.5) is 16.3 Å². The first-order valence-electron chi connectivity index (χ1n) is 15.5. The van der Waals surface area contributed by atoms with Gasteiger partial charge in [0.15, 0.2) is 11.6 Å². The molecule has 0 atom stereocenters. The Bertz CT molecular complexity index is 2120. The van der Waals surface area contributed by atoms with E-state index in [2.05, 4.69) is 15.4 Å². The van der Waals surface area contributed by atoms with Crippen molar-refractivity contribution in [2.24, 2.45) is 0 Å². The van der Waals surface area contributed by atoms with E-state index in [1.165, 1.54) is 4.68 Å². The van der Waals surface area contributed by atoms with E-state index in [4.69, 9.17) is 24.2 Å². The van der Waals surface area contributed by atoms with Crippen LogP contribution in [0, 0.1) is 6.92 Å². The first-order valence-corrected chi connectivity index (χ1v) is 15.5. The van der Waals surface area contributed by atoms with E-state index in [1.807, 2.05) is 82.3 Å². The molecule has 3 heterocycles. The quantitative estimate of drug-likeness (QED) is 0.119. The van der Waals surface area contributed by atoms with Gasteiger partial charge in [-0.15, -0.1) is 0 Å². The van der Waals surface area contributed by atoms with Crippen LogP contribution in [0.5, 0.6) is 5.75 Å². The zero-order chi connectivity index (χ0) is 33.8. The minimum absolute atomic E-state index is 0.0240. The predicted molar refractivity (Wildman–Crippen MR) is 184 cm³/mol. The van der Waals surface area contributed by atoms with Crippen LogP contribution in [0.25, 0.3) is 33.2 Å². The zero-order valence-corrected chi connectivity index (χ0v) is 27.5.